The van der Waals surface area contributed by atoms with Gasteiger partial charge in [-0.25, -0.2) is 0 Å². The Labute approximate surface area is 116 Å². The molecule has 0 bridgehead atoms. The molecule has 2 rings (SSSR count). The summed E-state index contributed by atoms with van der Waals surface area (Å²) in [6, 6.07) is 18.1. The molecule has 0 N–H and O–H groups in total. The van der Waals surface area contributed by atoms with Crippen molar-refractivity contribution in [1.82, 2.24) is 0 Å². The van der Waals surface area contributed by atoms with Crippen LogP contribution in [0.3, 0.4) is 0 Å². The fourth-order valence-electron chi connectivity index (χ4n) is 1.43. The molecule has 0 aromatic heterocycles. The Morgan fingerprint density at radius 2 is 1.50 bits per heavy atom. The van der Waals surface area contributed by atoms with Crippen LogP contribution >= 0.6 is 17.0 Å². The van der Waals surface area contributed by atoms with Gasteiger partial charge in [0.2, 0.25) is 0 Å². The first-order valence-electron chi connectivity index (χ1n) is 5.00. The van der Waals surface area contributed by atoms with Crippen LogP contribution in [0, 0.1) is 0 Å². The molecule has 3 heteroatoms. The molecule has 0 saturated heterocycles. The molecule has 0 radical (unpaired) electrons. The molecular weight excluding hydrogens is 317 g/mol. The Kier molecular flexibility index (Phi) is 5.72. The van der Waals surface area contributed by atoms with E-state index in [1.807, 2.05) is 42.5 Å². The summed E-state index contributed by atoms with van der Waals surface area (Å²) in [6.45, 7) is 0. The van der Waals surface area contributed by atoms with Gasteiger partial charge in [0.15, 0.2) is 0 Å². The van der Waals surface area contributed by atoms with Crippen LogP contribution in [0.2, 0.25) is 0 Å². The summed E-state index contributed by atoms with van der Waals surface area (Å²) in [4.78, 5) is 0. The quantitative estimate of drug-likeness (QED) is 0.770. The summed E-state index contributed by atoms with van der Waals surface area (Å²) in [5, 5.41) is 1.11. The molecular formula is C13H12BrOZn. The van der Waals surface area contributed by atoms with E-state index in [-0.39, 0.29) is 17.0 Å². The molecule has 79 valence electrons. The summed E-state index contributed by atoms with van der Waals surface area (Å²) in [5.41, 5.74) is 1.29. The minimum absolute atomic E-state index is 0. The van der Waals surface area contributed by atoms with E-state index in [1.54, 1.807) is 0 Å². The molecule has 0 heterocycles. The van der Waals surface area contributed by atoms with Crippen molar-refractivity contribution in [3.63, 3.8) is 0 Å². The Hall–Kier alpha value is -0.657. The predicted octanol–water partition coefficient (Wildman–Crippen LogP) is 4.10. The Balaban J connectivity index is 0.00000128. The van der Waals surface area contributed by atoms with Crippen molar-refractivity contribution >= 4 is 17.0 Å². The maximum absolute atomic E-state index is 5.82. The molecule has 0 atom stereocenters. The first kappa shape index (κ1) is 13.4. The van der Waals surface area contributed by atoms with Crippen LogP contribution in [0.5, 0.6) is 11.5 Å². The van der Waals surface area contributed by atoms with Gasteiger partial charge in [-0.15, -0.1) is 17.0 Å². The summed E-state index contributed by atoms with van der Waals surface area (Å²) in [5.74, 6) is 1.88. The fraction of sp³-hybridized carbons (Fsp3) is 0.0769. The number of rotatable bonds is 3. The molecule has 0 saturated carbocycles. The first-order chi connectivity index (χ1) is 7.40. The van der Waals surface area contributed by atoms with Crippen molar-refractivity contribution < 1.29 is 23.0 Å². The van der Waals surface area contributed by atoms with E-state index in [1.165, 1.54) is 23.9 Å². The van der Waals surface area contributed by atoms with E-state index in [2.05, 4.69) is 12.1 Å². The molecule has 0 unspecified atom stereocenters. The average Bonchev–Trinajstić information content (AvgIpc) is 2.31. The Bertz CT molecular complexity index is 431. The van der Waals surface area contributed by atoms with Gasteiger partial charge in [-0.3, -0.25) is 0 Å². The predicted molar refractivity (Wildman–Crippen MR) is 67.0 cm³/mol. The second-order valence-corrected chi connectivity index (χ2v) is 4.32. The third-order valence-electron chi connectivity index (χ3n) is 2.21. The van der Waals surface area contributed by atoms with Crippen molar-refractivity contribution in [3.05, 3.63) is 60.2 Å². The summed E-state index contributed by atoms with van der Waals surface area (Å²) < 4.78 is 5.82. The van der Waals surface area contributed by atoms with Crippen LogP contribution in [-0.2, 0) is 23.3 Å². The number of para-hydroxylation sites is 2. The molecule has 2 aromatic rings. The van der Waals surface area contributed by atoms with Gasteiger partial charge in [0.05, 0.1) is 0 Å². The van der Waals surface area contributed by atoms with Gasteiger partial charge in [-0.1, -0.05) is 0 Å². The summed E-state index contributed by atoms with van der Waals surface area (Å²) in [7, 11) is 0. The van der Waals surface area contributed by atoms with E-state index in [0.717, 1.165) is 16.5 Å². The number of halogens is 1. The van der Waals surface area contributed by atoms with E-state index in [9.17, 15) is 0 Å². The maximum atomic E-state index is 5.82. The number of hydrogen-bond acceptors (Lipinski definition) is 1. The molecule has 0 spiro atoms. The number of ether oxygens (including phenoxy) is 1. The van der Waals surface area contributed by atoms with Crippen molar-refractivity contribution in [2.45, 2.75) is 5.02 Å². The van der Waals surface area contributed by atoms with Crippen molar-refractivity contribution in [2.24, 2.45) is 0 Å². The fourth-order valence-corrected chi connectivity index (χ4v) is 2.29. The van der Waals surface area contributed by atoms with Crippen molar-refractivity contribution in [1.29, 1.82) is 0 Å². The van der Waals surface area contributed by atoms with Crippen LogP contribution in [0.15, 0.2) is 54.6 Å². The van der Waals surface area contributed by atoms with E-state index in [4.69, 9.17) is 4.74 Å². The molecule has 0 aliphatic carbocycles. The van der Waals surface area contributed by atoms with Gasteiger partial charge < -0.3 is 0 Å². The third kappa shape index (κ3) is 3.43. The van der Waals surface area contributed by atoms with E-state index >= 15 is 0 Å². The van der Waals surface area contributed by atoms with Crippen molar-refractivity contribution in [3.8, 4) is 11.5 Å². The molecule has 16 heavy (non-hydrogen) atoms. The summed E-state index contributed by atoms with van der Waals surface area (Å²) in [6.07, 6.45) is 0. The zero-order valence-corrected chi connectivity index (χ0v) is 13.6. The Morgan fingerprint density at radius 1 is 0.875 bits per heavy atom. The minimum atomic E-state index is 0. The second-order valence-electron chi connectivity index (χ2n) is 3.27. The van der Waals surface area contributed by atoms with Crippen molar-refractivity contribution in [2.75, 3.05) is 0 Å². The van der Waals surface area contributed by atoms with Gasteiger partial charge in [0, 0.05) is 0 Å². The standard InChI is InChI=1S/C13H11O.BrH.Zn/c1-11-7-5-6-10-13(11)14-12-8-3-2-4-9-12;;/h2-10H,1H2;1H;. The molecule has 0 aliphatic heterocycles. The SMILES string of the molecule is Br.[Zn][CH2]c1ccccc1Oc1ccccc1. The third-order valence-corrected chi connectivity index (χ3v) is 3.34. The number of hydrogen-bond donors (Lipinski definition) is 0. The number of benzene rings is 2. The molecule has 0 aliphatic rings. The second kappa shape index (κ2) is 6.83. The van der Waals surface area contributed by atoms with Crippen LogP contribution in [0.25, 0.3) is 0 Å². The van der Waals surface area contributed by atoms with Gasteiger partial charge in [-0.2, -0.15) is 0 Å². The zero-order chi connectivity index (χ0) is 10.5. The molecule has 1 nitrogen and oxygen atoms in total. The summed E-state index contributed by atoms with van der Waals surface area (Å²) >= 11 is 1.26. The van der Waals surface area contributed by atoms with Crippen LogP contribution in [0.1, 0.15) is 5.56 Å². The van der Waals surface area contributed by atoms with Gasteiger partial charge in [0.25, 0.3) is 0 Å². The van der Waals surface area contributed by atoms with Crippen LogP contribution in [0.4, 0.5) is 0 Å². The Morgan fingerprint density at radius 3 is 2.19 bits per heavy atom. The van der Waals surface area contributed by atoms with Crippen LogP contribution < -0.4 is 4.74 Å². The molecule has 0 fully saturated rings. The van der Waals surface area contributed by atoms with Gasteiger partial charge in [0.1, 0.15) is 0 Å². The first-order valence-corrected chi connectivity index (χ1v) is 7.10. The normalized spacial score (nSPS) is 9.38. The van der Waals surface area contributed by atoms with E-state index < -0.39 is 0 Å². The molecule has 0 amide bonds. The van der Waals surface area contributed by atoms with Gasteiger partial charge in [-0.05, 0) is 0 Å². The monoisotopic (exact) mass is 327 g/mol. The van der Waals surface area contributed by atoms with E-state index in [0.29, 0.717) is 0 Å². The molecule has 2 aromatic carbocycles. The average molecular weight is 330 g/mol. The zero-order valence-electron chi connectivity index (χ0n) is 8.93. The van der Waals surface area contributed by atoms with Gasteiger partial charge >= 0.3 is 99.7 Å². The topological polar surface area (TPSA) is 9.23 Å². The van der Waals surface area contributed by atoms with Crippen LogP contribution in [-0.4, -0.2) is 0 Å².